The Morgan fingerprint density at radius 1 is 1.00 bits per heavy atom. The molecule has 0 saturated carbocycles. The van der Waals surface area contributed by atoms with Crippen molar-refractivity contribution in [3.63, 3.8) is 0 Å². The number of hydrogen-bond donors (Lipinski definition) is 2. The Labute approximate surface area is 198 Å². The Morgan fingerprint density at radius 2 is 1.85 bits per heavy atom. The molecule has 3 heterocycles. The monoisotopic (exact) mass is 459 g/mol. The predicted octanol–water partition coefficient (Wildman–Crippen LogP) is 4.10. The van der Waals surface area contributed by atoms with Gasteiger partial charge in [0.15, 0.2) is 0 Å². The molecule has 0 amide bonds. The molecule has 33 heavy (non-hydrogen) atoms. The number of benzene rings is 1. The highest BCUT2D eigenvalue weighted by Gasteiger charge is 2.19. The number of piperazine rings is 1. The Morgan fingerprint density at radius 3 is 2.70 bits per heavy atom. The molecule has 1 fully saturated rings. The lowest BCUT2D eigenvalue weighted by atomic mass is 10.2. The number of likely N-dealkylation sites (N-methyl/N-ethyl adjacent to an activating group) is 1. The summed E-state index contributed by atoms with van der Waals surface area (Å²) < 4.78 is 0. The molecule has 2 aromatic heterocycles. The van der Waals surface area contributed by atoms with Crippen LogP contribution in [0.2, 0.25) is 5.02 Å². The van der Waals surface area contributed by atoms with Crippen LogP contribution in [0.3, 0.4) is 0 Å². The quantitative estimate of drug-likeness (QED) is 0.403. The fourth-order valence-electron chi connectivity index (χ4n) is 4.14. The van der Waals surface area contributed by atoms with Gasteiger partial charge in [0.2, 0.25) is 5.95 Å². The van der Waals surface area contributed by atoms with Gasteiger partial charge in [0.1, 0.15) is 11.3 Å². The van der Waals surface area contributed by atoms with Crippen LogP contribution in [-0.2, 0) is 0 Å². The molecule has 0 atom stereocenters. The highest BCUT2D eigenvalue weighted by Crippen LogP contribution is 2.25. The van der Waals surface area contributed by atoms with E-state index in [1.807, 2.05) is 36.4 Å². The first-order valence-corrected chi connectivity index (χ1v) is 11.7. The zero-order valence-corrected chi connectivity index (χ0v) is 19.4. The van der Waals surface area contributed by atoms with Crippen LogP contribution >= 0.6 is 11.6 Å². The van der Waals surface area contributed by atoms with Gasteiger partial charge in [0, 0.05) is 61.6 Å². The number of halogens is 1. The maximum absolute atomic E-state index is 6.10. The van der Waals surface area contributed by atoms with Crippen LogP contribution in [0, 0.1) is 12.1 Å². The van der Waals surface area contributed by atoms with Crippen molar-refractivity contribution in [2.24, 2.45) is 0 Å². The molecule has 168 valence electrons. The van der Waals surface area contributed by atoms with E-state index < -0.39 is 0 Å². The number of fused-ring (bicyclic) bond motifs is 2. The van der Waals surface area contributed by atoms with Crippen molar-refractivity contribution in [3.8, 4) is 0 Å². The zero-order chi connectivity index (χ0) is 22.6. The topological polar surface area (TPSA) is 69.2 Å². The second-order valence-corrected chi connectivity index (χ2v) is 8.47. The van der Waals surface area contributed by atoms with Crippen molar-refractivity contribution in [3.05, 3.63) is 59.8 Å². The lowest BCUT2D eigenvalue weighted by Gasteiger charge is -2.34. The van der Waals surface area contributed by atoms with Gasteiger partial charge >= 0.3 is 0 Å². The standard InChI is InChI=1S/C25H26ClN7/c1-2-32-13-15-33(16-14-32)25-30-22-6-4-3-5-20(22)24(31-25)29-12-11-28-21-9-10-27-23-17-18(26)7-8-19(21)23/h3,5,7-10,17H,2,11-16H2,1H3,(H,27,28)(H,29,30,31). The number of rotatable bonds is 7. The minimum atomic E-state index is 0.686. The Balaban J connectivity index is 1.30. The van der Waals surface area contributed by atoms with Crippen LogP contribution in [0.1, 0.15) is 6.92 Å². The van der Waals surface area contributed by atoms with Crippen molar-refractivity contribution in [1.29, 1.82) is 0 Å². The first-order chi connectivity index (χ1) is 16.2. The van der Waals surface area contributed by atoms with Gasteiger partial charge < -0.3 is 20.4 Å². The van der Waals surface area contributed by atoms with Gasteiger partial charge in [-0.1, -0.05) is 24.6 Å². The molecule has 5 rings (SSSR count). The summed E-state index contributed by atoms with van der Waals surface area (Å²) in [5.41, 5.74) is 2.69. The summed E-state index contributed by atoms with van der Waals surface area (Å²) in [7, 11) is 0. The third-order valence-corrected chi connectivity index (χ3v) is 6.23. The average Bonchev–Trinajstić information content (AvgIpc) is 2.86. The number of pyridine rings is 1. The van der Waals surface area contributed by atoms with E-state index in [2.05, 4.69) is 44.5 Å². The van der Waals surface area contributed by atoms with E-state index in [1.165, 1.54) is 0 Å². The third-order valence-electron chi connectivity index (χ3n) is 6.00. The van der Waals surface area contributed by atoms with E-state index in [0.717, 1.165) is 78.5 Å². The molecule has 0 spiro atoms. The number of aromatic nitrogens is 3. The summed E-state index contributed by atoms with van der Waals surface area (Å²) in [6.45, 7) is 8.61. The number of nitrogens with one attached hydrogen (secondary N) is 2. The van der Waals surface area contributed by atoms with Crippen LogP contribution in [-0.4, -0.2) is 65.7 Å². The normalized spacial score (nSPS) is 14.4. The molecule has 0 aliphatic carbocycles. The second-order valence-electron chi connectivity index (χ2n) is 8.03. The van der Waals surface area contributed by atoms with Gasteiger partial charge in [-0.15, -0.1) is 0 Å². The van der Waals surface area contributed by atoms with Crippen molar-refractivity contribution in [1.82, 2.24) is 19.9 Å². The van der Waals surface area contributed by atoms with Gasteiger partial charge in [-0.2, -0.15) is 4.98 Å². The molecule has 4 aromatic rings. The van der Waals surface area contributed by atoms with Crippen LogP contribution < -0.4 is 15.5 Å². The fraction of sp³-hybridized carbons (Fsp3) is 0.320. The highest BCUT2D eigenvalue weighted by molar-refractivity contribution is 6.31. The highest BCUT2D eigenvalue weighted by atomic mass is 35.5. The first-order valence-electron chi connectivity index (χ1n) is 11.3. The molecule has 0 unspecified atom stereocenters. The van der Waals surface area contributed by atoms with Gasteiger partial charge in [-0.25, -0.2) is 4.98 Å². The predicted molar refractivity (Wildman–Crippen MR) is 135 cm³/mol. The van der Waals surface area contributed by atoms with E-state index in [1.54, 1.807) is 6.20 Å². The van der Waals surface area contributed by atoms with Gasteiger partial charge in [0.25, 0.3) is 0 Å². The third kappa shape index (κ3) is 4.72. The van der Waals surface area contributed by atoms with Crippen molar-refractivity contribution in [2.45, 2.75) is 6.92 Å². The Hall–Kier alpha value is -3.34. The molecule has 2 N–H and O–H groups in total. The summed E-state index contributed by atoms with van der Waals surface area (Å²) in [6, 6.07) is 17.7. The SMILES string of the molecule is CCN1CCN(c2nc(NCCNc3ccnc4cc(Cl)ccc34)c3ccc#cc3n2)CC1. The molecule has 7 nitrogen and oxygen atoms in total. The second kappa shape index (κ2) is 9.65. The molecule has 2 aromatic carbocycles. The number of nitrogens with zero attached hydrogens (tertiary/aromatic N) is 5. The lowest BCUT2D eigenvalue weighted by molar-refractivity contribution is 0.270. The van der Waals surface area contributed by atoms with Crippen LogP contribution in [0.4, 0.5) is 17.5 Å². The number of anilines is 3. The summed E-state index contributed by atoms with van der Waals surface area (Å²) in [4.78, 5) is 18.7. The smallest absolute Gasteiger partial charge is 0.228 e. The van der Waals surface area contributed by atoms with Crippen LogP contribution in [0.15, 0.2) is 42.6 Å². The van der Waals surface area contributed by atoms with E-state index >= 15 is 0 Å². The van der Waals surface area contributed by atoms with E-state index in [9.17, 15) is 0 Å². The van der Waals surface area contributed by atoms with E-state index in [-0.39, 0.29) is 0 Å². The molecule has 0 bridgehead atoms. The molecule has 1 aliphatic heterocycles. The van der Waals surface area contributed by atoms with E-state index in [0.29, 0.717) is 11.6 Å². The number of hydrogen-bond acceptors (Lipinski definition) is 7. The van der Waals surface area contributed by atoms with E-state index in [4.69, 9.17) is 21.6 Å². The summed E-state index contributed by atoms with van der Waals surface area (Å²) in [5.74, 6) is 1.58. The largest absolute Gasteiger partial charge is 0.383 e. The van der Waals surface area contributed by atoms with Crippen LogP contribution in [0.5, 0.6) is 0 Å². The Bertz CT molecular complexity index is 1250. The molecular formula is C25H26ClN7. The van der Waals surface area contributed by atoms with Crippen molar-refractivity contribution < 1.29 is 0 Å². The lowest BCUT2D eigenvalue weighted by Crippen LogP contribution is -2.46. The van der Waals surface area contributed by atoms with Gasteiger partial charge in [0.05, 0.1) is 10.9 Å². The fourth-order valence-corrected chi connectivity index (χ4v) is 4.31. The molecule has 0 radical (unpaired) electrons. The minimum Gasteiger partial charge on any atom is -0.383 e. The zero-order valence-electron chi connectivity index (χ0n) is 18.6. The average molecular weight is 460 g/mol. The first kappa shape index (κ1) is 21.5. The molecular weight excluding hydrogens is 434 g/mol. The minimum absolute atomic E-state index is 0.686. The summed E-state index contributed by atoms with van der Waals surface area (Å²) >= 11 is 6.10. The van der Waals surface area contributed by atoms with Gasteiger partial charge in [-0.05, 0) is 49.0 Å². The molecule has 1 aliphatic rings. The van der Waals surface area contributed by atoms with Crippen molar-refractivity contribution >= 4 is 50.9 Å². The molecule has 8 heteroatoms. The Kier molecular flexibility index (Phi) is 6.29. The summed E-state index contributed by atoms with van der Waals surface area (Å²) in [5, 5.41) is 9.68. The maximum Gasteiger partial charge on any atom is 0.228 e. The maximum atomic E-state index is 6.10. The summed E-state index contributed by atoms with van der Waals surface area (Å²) in [6.07, 6.45) is 1.79. The molecule has 1 saturated heterocycles. The van der Waals surface area contributed by atoms with Gasteiger partial charge in [-0.3, -0.25) is 4.98 Å². The van der Waals surface area contributed by atoms with Crippen LogP contribution in [0.25, 0.3) is 21.8 Å². The van der Waals surface area contributed by atoms with Crippen molar-refractivity contribution in [2.75, 3.05) is 61.3 Å².